The number of nitrogens with one attached hydrogen (secondary N) is 1. The van der Waals surface area contributed by atoms with Crippen LogP contribution in [0.3, 0.4) is 0 Å². The van der Waals surface area contributed by atoms with Gasteiger partial charge in [0.2, 0.25) is 0 Å². The summed E-state index contributed by atoms with van der Waals surface area (Å²) < 4.78 is 19.0. The van der Waals surface area contributed by atoms with Crippen LogP contribution in [-0.4, -0.2) is 6.61 Å². The van der Waals surface area contributed by atoms with Gasteiger partial charge in [0.15, 0.2) is 0 Å². The molecule has 98 valence electrons. The van der Waals surface area contributed by atoms with Crippen LogP contribution >= 0.6 is 0 Å². The summed E-state index contributed by atoms with van der Waals surface area (Å²) in [4.78, 5) is 0. The number of rotatable bonds is 2. The van der Waals surface area contributed by atoms with E-state index in [2.05, 4.69) is 5.32 Å². The molecule has 0 amide bonds. The Balaban J connectivity index is 1.89. The average molecular weight is 258 g/mol. The van der Waals surface area contributed by atoms with Crippen molar-refractivity contribution >= 4 is 11.4 Å². The first-order chi connectivity index (χ1) is 9.15. The number of nitrogens with two attached hydrogens (primary N) is 1. The molecule has 3 N–H and O–H groups in total. The number of hydrogen-bond donors (Lipinski definition) is 2. The van der Waals surface area contributed by atoms with Crippen LogP contribution in [0.1, 0.15) is 17.2 Å². The van der Waals surface area contributed by atoms with E-state index >= 15 is 0 Å². The van der Waals surface area contributed by atoms with Gasteiger partial charge >= 0.3 is 0 Å². The Morgan fingerprint density at radius 3 is 2.95 bits per heavy atom. The Morgan fingerprint density at radius 1 is 1.32 bits per heavy atom. The summed E-state index contributed by atoms with van der Waals surface area (Å²) in [6.07, 6.45) is 0. The summed E-state index contributed by atoms with van der Waals surface area (Å²) in [6, 6.07) is 11.0. The zero-order valence-electron chi connectivity index (χ0n) is 10.6. The van der Waals surface area contributed by atoms with Gasteiger partial charge in [-0.15, -0.1) is 0 Å². The zero-order valence-corrected chi connectivity index (χ0v) is 10.6. The van der Waals surface area contributed by atoms with Crippen molar-refractivity contribution in [3.8, 4) is 5.75 Å². The van der Waals surface area contributed by atoms with Gasteiger partial charge in [-0.3, -0.25) is 0 Å². The Kier molecular flexibility index (Phi) is 2.78. The first-order valence-electron chi connectivity index (χ1n) is 6.19. The molecule has 0 aliphatic carbocycles. The molecule has 2 aromatic rings. The lowest BCUT2D eigenvalue weighted by Gasteiger charge is -2.16. The van der Waals surface area contributed by atoms with Crippen LogP contribution in [0, 0.1) is 12.7 Å². The molecule has 0 saturated carbocycles. The van der Waals surface area contributed by atoms with E-state index in [0.29, 0.717) is 17.9 Å². The smallest absolute Gasteiger partial charge is 0.128 e. The number of anilines is 2. The molecular weight excluding hydrogens is 243 g/mol. The van der Waals surface area contributed by atoms with Crippen LogP contribution < -0.4 is 15.8 Å². The predicted octanol–water partition coefficient (Wildman–Crippen LogP) is 3.26. The van der Waals surface area contributed by atoms with E-state index in [-0.39, 0.29) is 11.9 Å². The van der Waals surface area contributed by atoms with Gasteiger partial charge in [0.25, 0.3) is 0 Å². The van der Waals surface area contributed by atoms with E-state index < -0.39 is 0 Å². The minimum Gasteiger partial charge on any atom is -0.491 e. The van der Waals surface area contributed by atoms with Gasteiger partial charge in [0, 0.05) is 5.56 Å². The third-order valence-corrected chi connectivity index (χ3v) is 3.36. The van der Waals surface area contributed by atoms with E-state index in [4.69, 9.17) is 10.5 Å². The highest BCUT2D eigenvalue weighted by atomic mass is 19.1. The molecule has 3 nitrogen and oxygen atoms in total. The van der Waals surface area contributed by atoms with E-state index in [0.717, 1.165) is 17.0 Å². The number of hydrogen-bond acceptors (Lipinski definition) is 3. The molecule has 0 saturated heterocycles. The van der Waals surface area contributed by atoms with Crippen LogP contribution in [0.5, 0.6) is 5.75 Å². The molecule has 0 radical (unpaired) electrons. The lowest BCUT2D eigenvalue weighted by Crippen LogP contribution is -2.13. The zero-order chi connectivity index (χ0) is 13.4. The lowest BCUT2D eigenvalue weighted by molar-refractivity contribution is 0.340. The average Bonchev–Trinajstić information content (AvgIpc) is 2.80. The van der Waals surface area contributed by atoms with E-state index in [1.165, 1.54) is 6.07 Å². The molecular formula is C15H15FN2O. The Bertz CT molecular complexity index is 628. The molecule has 0 spiro atoms. The topological polar surface area (TPSA) is 47.3 Å². The van der Waals surface area contributed by atoms with Crippen LogP contribution in [0.2, 0.25) is 0 Å². The van der Waals surface area contributed by atoms with E-state index in [1.807, 2.05) is 24.3 Å². The predicted molar refractivity (Wildman–Crippen MR) is 73.9 cm³/mol. The highest BCUT2D eigenvalue weighted by Crippen LogP contribution is 2.35. The molecule has 1 unspecified atom stereocenters. The maximum Gasteiger partial charge on any atom is 0.128 e. The standard InChI is InChI=1S/C15H15FN2O/c1-9-6-13(12(17)7-11(9)16)18-14-8-19-15-5-3-2-4-10(14)15/h2-7,14,18H,8,17H2,1H3. The van der Waals surface area contributed by atoms with Gasteiger partial charge in [-0.2, -0.15) is 0 Å². The fraction of sp³-hybridized carbons (Fsp3) is 0.200. The van der Waals surface area contributed by atoms with Crippen molar-refractivity contribution in [2.75, 3.05) is 17.7 Å². The Morgan fingerprint density at radius 2 is 2.11 bits per heavy atom. The highest BCUT2D eigenvalue weighted by molar-refractivity contribution is 5.68. The van der Waals surface area contributed by atoms with Gasteiger partial charge in [0.1, 0.15) is 18.2 Å². The highest BCUT2D eigenvalue weighted by Gasteiger charge is 2.24. The number of ether oxygens (including phenoxy) is 1. The molecule has 0 aromatic heterocycles. The van der Waals surface area contributed by atoms with Crippen LogP contribution in [0.25, 0.3) is 0 Å². The number of para-hydroxylation sites is 1. The fourth-order valence-corrected chi connectivity index (χ4v) is 2.29. The van der Waals surface area contributed by atoms with Gasteiger partial charge in [-0.05, 0) is 30.7 Å². The van der Waals surface area contributed by atoms with Gasteiger partial charge in [0.05, 0.1) is 17.4 Å². The molecule has 1 aliphatic heterocycles. The van der Waals surface area contributed by atoms with E-state index in [1.54, 1.807) is 13.0 Å². The summed E-state index contributed by atoms with van der Waals surface area (Å²) in [5.74, 6) is 0.600. The maximum atomic E-state index is 13.4. The second kappa shape index (κ2) is 4.46. The van der Waals surface area contributed by atoms with Gasteiger partial charge < -0.3 is 15.8 Å². The summed E-state index contributed by atoms with van der Waals surface area (Å²) >= 11 is 0. The maximum absolute atomic E-state index is 13.4. The fourth-order valence-electron chi connectivity index (χ4n) is 2.29. The minimum atomic E-state index is -0.286. The molecule has 3 rings (SSSR count). The Hall–Kier alpha value is -2.23. The van der Waals surface area contributed by atoms with Crippen LogP contribution in [-0.2, 0) is 0 Å². The summed E-state index contributed by atoms with van der Waals surface area (Å²) in [5.41, 5.74) is 8.67. The normalized spacial score (nSPS) is 16.8. The first-order valence-corrected chi connectivity index (χ1v) is 6.19. The minimum absolute atomic E-state index is 0.0448. The molecule has 2 aromatic carbocycles. The molecule has 1 atom stereocenters. The van der Waals surface area contributed by atoms with Crippen molar-refractivity contribution in [2.24, 2.45) is 0 Å². The molecule has 4 heteroatoms. The number of nitrogen functional groups attached to an aromatic ring is 1. The SMILES string of the molecule is Cc1cc(NC2COc3ccccc32)c(N)cc1F. The van der Waals surface area contributed by atoms with Crippen molar-refractivity contribution in [1.29, 1.82) is 0 Å². The molecule has 19 heavy (non-hydrogen) atoms. The number of fused-ring (bicyclic) bond motifs is 1. The lowest BCUT2D eigenvalue weighted by atomic mass is 10.1. The quantitative estimate of drug-likeness (QED) is 0.813. The van der Waals surface area contributed by atoms with Crippen molar-refractivity contribution < 1.29 is 9.13 Å². The Labute approximate surface area is 111 Å². The van der Waals surface area contributed by atoms with Crippen molar-refractivity contribution in [3.05, 3.63) is 53.3 Å². The third-order valence-electron chi connectivity index (χ3n) is 3.36. The van der Waals surface area contributed by atoms with Crippen LogP contribution in [0.15, 0.2) is 36.4 Å². The molecule has 0 bridgehead atoms. The summed E-state index contributed by atoms with van der Waals surface area (Å²) in [5, 5.41) is 3.32. The number of aryl methyl sites for hydroxylation is 1. The molecule has 1 aliphatic rings. The van der Waals surface area contributed by atoms with Crippen molar-refractivity contribution in [2.45, 2.75) is 13.0 Å². The first kappa shape index (κ1) is 11.8. The van der Waals surface area contributed by atoms with Crippen molar-refractivity contribution in [3.63, 3.8) is 0 Å². The van der Waals surface area contributed by atoms with Gasteiger partial charge in [-0.1, -0.05) is 18.2 Å². The largest absolute Gasteiger partial charge is 0.491 e. The second-order valence-electron chi connectivity index (χ2n) is 4.73. The summed E-state index contributed by atoms with van der Waals surface area (Å²) in [7, 11) is 0. The summed E-state index contributed by atoms with van der Waals surface area (Å²) in [6.45, 7) is 2.27. The van der Waals surface area contributed by atoms with Gasteiger partial charge in [-0.25, -0.2) is 4.39 Å². The third kappa shape index (κ3) is 2.10. The molecule has 1 heterocycles. The number of halogens is 1. The molecule has 0 fully saturated rings. The monoisotopic (exact) mass is 258 g/mol. The van der Waals surface area contributed by atoms with Crippen LogP contribution in [0.4, 0.5) is 15.8 Å². The van der Waals surface area contributed by atoms with Crippen molar-refractivity contribution in [1.82, 2.24) is 0 Å². The second-order valence-corrected chi connectivity index (χ2v) is 4.73. The number of benzene rings is 2. The van der Waals surface area contributed by atoms with E-state index in [9.17, 15) is 4.39 Å².